The van der Waals surface area contributed by atoms with Gasteiger partial charge in [-0.2, -0.15) is 0 Å². The molecule has 0 atom stereocenters. The fourth-order valence-electron chi connectivity index (χ4n) is 1.65. The van der Waals surface area contributed by atoms with Gasteiger partial charge in [0.1, 0.15) is 18.2 Å². The predicted octanol–water partition coefficient (Wildman–Crippen LogP) is 3.33. The van der Waals surface area contributed by atoms with Crippen LogP contribution in [-0.4, -0.2) is 32.8 Å². The minimum absolute atomic E-state index is 0.0679. The van der Waals surface area contributed by atoms with Gasteiger partial charge in [0.2, 0.25) is 5.09 Å². The van der Waals surface area contributed by atoms with Crippen LogP contribution < -0.4 is 0 Å². The number of ether oxygens (including phenoxy) is 1. The third-order valence-electron chi connectivity index (χ3n) is 2.95. The number of halogens is 3. The summed E-state index contributed by atoms with van der Waals surface area (Å²) in [6.45, 7) is -0.345. The Morgan fingerprint density at radius 3 is 2.54 bits per heavy atom. The minimum Gasteiger partial charge on any atom is -0.454 e. The Balaban J connectivity index is 2.11. The van der Waals surface area contributed by atoms with Crippen LogP contribution in [0.5, 0.6) is 0 Å². The van der Waals surface area contributed by atoms with E-state index in [9.17, 15) is 17.6 Å². The van der Waals surface area contributed by atoms with Crippen LogP contribution in [-0.2, 0) is 21.4 Å². The van der Waals surface area contributed by atoms with Gasteiger partial charge in [0, 0.05) is 14.1 Å². The second-order valence-corrected chi connectivity index (χ2v) is 7.73. The molecule has 1 heterocycles. The third kappa shape index (κ3) is 3.89. The van der Waals surface area contributed by atoms with Crippen molar-refractivity contribution in [2.45, 2.75) is 11.7 Å². The quantitative estimate of drug-likeness (QED) is 0.573. The van der Waals surface area contributed by atoms with Crippen molar-refractivity contribution >= 4 is 39.2 Å². The van der Waals surface area contributed by atoms with E-state index in [1.807, 2.05) is 0 Å². The van der Waals surface area contributed by atoms with E-state index in [2.05, 4.69) is 0 Å². The van der Waals surface area contributed by atoms with Gasteiger partial charge in [0.05, 0.1) is 15.6 Å². The van der Waals surface area contributed by atoms with Crippen molar-refractivity contribution in [2.24, 2.45) is 0 Å². The van der Waals surface area contributed by atoms with E-state index in [1.54, 1.807) is 0 Å². The molecular weight excluding hydrogens is 384 g/mol. The second-order valence-electron chi connectivity index (χ2n) is 4.83. The molecule has 2 aromatic rings. The van der Waals surface area contributed by atoms with Crippen molar-refractivity contribution < 1.29 is 26.8 Å². The highest BCUT2D eigenvalue weighted by Crippen LogP contribution is 2.25. The molecule has 0 saturated heterocycles. The van der Waals surface area contributed by atoms with Crippen LogP contribution in [0, 0.1) is 5.82 Å². The lowest BCUT2D eigenvalue weighted by Gasteiger charge is -2.08. The van der Waals surface area contributed by atoms with Crippen LogP contribution in [0.25, 0.3) is 0 Å². The molecule has 24 heavy (non-hydrogen) atoms. The molecule has 0 saturated carbocycles. The molecule has 0 radical (unpaired) electrons. The number of sulfonamides is 1. The molecule has 1 aromatic heterocycles. The normalized spacial score (nSPS) is 11.8. The molecule has 0 N–H and O–H groups in total. The molecule has 0 aliphatic rings. The molecular formula is C14H12Cl2FNO5S. The zero-order valence-corrected chi connectivity index (χ0v) is 14.9. The van der Waals surface area contributed by atoms with E-state index >= 15 is 0 Å². The molecule has 0 aliphatic heterocycles. The van der Waals surface area contributed by atoms with Gasteiger partial charge < -0.3 is 9.15 Å². The molecule has 0 bridgehead atoms. The monoisotopic (exact) mass is 395 g/mol. The zero-order chi connectivity index (χ0) is 18.1. The van der Waals surface area contributed by atoms with Crippen LogP contribution in [0.4, 0.5) is 4.39 Å². The number of benzene rings is 1. The number of rotatable bonds is 5. The summed E-state index contributed by atoms with van der Waals surface area (Å²) in [7, 11) is -1.01. The van der Waals surface area contributed by atoms with Crippen molar-refractivity contribution in [2.75, 3.05) is 14.1 Å². The van der Waals surface area contributed by atoms with Crippen molar-refractivity contribution in [3.05, 3.63) is 51.5 Å². The first-order valence-corrected chi connectivity index (χ1v) is 8.65. The lowest BCUT2D eigenvalue weighted by atomic mass is 10.2. The highest BCUT2D eigenvalue weighted by Gasteiger charge is 2.22. The number of carbonyl (C=O) groups excluding carboxylic acids is 1. The van der Waals surface area contributed by atoms with Crippen LogP contribution in [0.3, 0.4) is 0 Å². The smallest absolute Gasteiger partial charge is 0.340 e. The van der Waals surface area contributed by atoms with Crippen molar-refractivity contribution in [3.63, 3.8) is 0 Å². The average Bonchev–Trinajstić information content (AvgIpc) is 2.98. The van der Waals surface area contributed by atoms with Crippen molar-refractivity contribution in [1.82, 2.24) is 4.31 Å². The van der Waals surface area contributed by atoms with E-state index in [0.717, 1.165) is 16.4 Å². The first-order chi connectivity index (χ1) is 11.1. The topological polar surface area (TPSA) is 76.8 Å². The number of carbonyl (C=O) groups is 1. The number of nitrogens with zero attached hydrogens (tertiary/aromatic N) is 1. The fourth-order valence-corrected chi connectivity index (χ4v) is 2.92. The van der Waals surface area contributed by atoms with Crippen LogP contribution in [0.15, 0.2) is 33.8 Å². The summed E-state index contributed by atoms with van der Waals surface area (Å²) in [5, 5.41) is -0.572. The van der Waals surface area contributed by atoms with E-state index in [0.29, 0.717) is 0 Å². The highest BCUT2D eigenvalue weighted by atomic mass is 35.5. The van der Waals surface area contributed by atoms with Gasteiger partial charge in [-0.15, -0.1) is 0 Å². The highest BCUT2D eigenvalue weighted by molar-refractivity contribution is 7.88. The lowest BCUT2D eigenvalue weighted by molar-refractivity contribution is 0.0440. The Kier molecular flexibility index (Phi) is 5.54. The molecule has 0 spiro atoms. The minimum atomic E-state index is -3.72. The van der Waals surface area contributed by atoms with E-state index in [1.165, 1.54) is 26.2 Å². The first kappa shape index (κ1) is 18.7. The maximum atomic E-state index is 13.4. The molecule has 0 unspecified atom stereocenters. The van der Waals surface area contributed by atoms with Crippen molar-refractivity contribution in [1.29, 1.82) is 0 Å². The number of esters is 1. The predicted molar refractivity (Wildman–Crippen MR) is 85.1 cm³/mol. The summed E-state index contributed by atoms with van der Waals surface area (Å²) in [6, 6.07) is 4.54. The van der Waals surface area contributed by atoms with Crippen LogP contribution >= 0.6 is 23.2 Å². The number of hydrogen-bond donors (Lipinski definition) is 0. The summed E-state index contributed by atoms with van der Waals surface area (Å²) >= 11 is 11.4. The Bertz CT molecular complexity index is 879. The van der Waals surface area contributed by atoms with E-state index in [4.69, 9.17) is 32.4 Å². The molecule has 10 heteroatoms. The Morgan fingerprint density at radius 1 is 1.25 bits per heavy atom. The fraction of sp³-hybridized carbons (Fsp3) is 0.214. The standard InChI is InChI=1S/C14H12Cl2FNO5S/c1-18(2)24(20,21)13-4-3-8(23-13)7-22-14(19)9-5-12(17)11(16)6-10(9)15/h3-6H,7H2,1-2H3. The first-order valence-electron chi connectivity index (χ1n) is 6.46. The van der Waals surface area contributed by atoms with Gasteiger partial charge in [-0.05, 0) is 24.3 Å². The van der Waals surface area contributed by atoms with E-state index in [-0.39, 0.29) is 33.1 Å². The summed E-state index contributed by atoms with van der Waals surface area (Å²) in [4.78, 5) is 11.9. The average molecular weight is 396 g/mol. The molecule has 1 aromatic carbocycles. The molecule has 6 nitrogen and oxygen atoms in total. The molecule has 130 valence electrons. The van der Waals surface area contributed by atoms with Gasteiger partial charge in [-0.25, -0.2) is 21.9 Å². The summed E-state index contributed by atoms with van der Waals surface area (Å²) < 4.78 is 48.2. The van der Waals surface area contributed by atoms with Gasteiger partial charge in [-0.1, -0.05) is 23.2 Å². The summed E-state index contributed by atoms with van der Waals surface area (Å²) in [5.41, 5.74) is -0.203. The zero-order valence-electron chi connectivity index (χ0n) is 12.5. The summed E-state index contributed by atoms with van der Waals surface area (Å²) in [6.07, 6.45) is 0. The maximum absolute atomic E-state index is 13.4. The van der Waals surface area contributed by atoms with Crippen LogP contribution in [0.2, 0.25) is 10.0 Å². The van der Waals surface area contributed by atoms with Gasteiger partial charge >= 0.3 is 5.97 Å². The Labute approximate surface area is 147 Å². The van der Waals surface area contributed by atoms with Gasteiger partial charge in [0.15, 0.2) is 0 Å². The van der Waals surface area contributed by atoms with Crippen molar-refractivity contribution in [3.8, 4) is 0 Å². The molecule has 0 amide bonds. The third-order valence-corrected chi connectivity index (χ3v) is 5.24. The molecule has 0 aliphatic carbocycles. The largest absolute Gasteiger partial charge is 0.454 e. The SMILES string of the molecule is CN(C)S(=O)(=O)c1ccc(COC(=O)c2cc(F)c(Cl)cc2Cl)o1. The van der Waals surface area contributed by atoms with E-state index < -0.39 is 21.8 Å². The van der Waals surface area contributed by atoms with Gasteiger partial charge in [0.25, 0.3) is 10.0 Å². The molecule has 2 rings (SSSR count). The van der Waals surface area contributed by atoms with Gasteiger partial charge in [-0.3, -0.25) is 0 Å². The number of hydrogen-bond acceptors (Lipinski definition) is 5. The van der Waals surface area contributed by atoms with Crippen LogP contribution in [0.1, 0.15) is 16.1 Å². The Morgan fingerprint density at radius 2 is 1.92 bits per heavy atom. The molecule has 0 fully saturated rings. The summed E-state index contributed by atoms with van der Waals surface area (Å²) in [5.74, 6) is -1.61. The lowest BCUT2D eigenvalue weighted by Crippen LogP contribution is -2.21. The number of furan rings is 1. The second kappa shape index (κ2) is 7.10. The maximum Gasteiger partial charge on any atom is 0.340 e. The Hall–Kier alpha value is -1.61.